The SMILES string of the molecule is [S-]c1nnc(Cc2ccccc2)o1. The summed E-state index contributed by atoms with van der Waals surface area (Å²) in [4.78, 5) is 0. The molecule has 1 aromatic carbocycles. The molecule has 0 aliphatic rings. The van der Waals surface area contributed by atoms with Gasteiger partial charge in [0.15, 0.2) is 0 Å². The number of benzene rings is 1. The first-order valence-corrected chi connectivity index (χ1v) is 4.29. The van der Waals surface area contributed by atoms with Crippen LogP contribution in [0.5, 0.6) is 0 Å². The molecule has 4 heteroatoms. The summed E-state index contributed by atoms with van der Waals surface area (Å²) in [6, 6.07) is 9.93. The van der Waals surface area contributed by atoms with Crippen LogP contribution in [0.25, 0.3) is 0 Å². The van der Waals surface area contributed by atoms with Crippen molar-refractivity contribution in [2.75, 3.05) is 0 Å². The third kappa shape index (κ3) is 2.03. The van der Waals surface area contributed by atoms with Gasteiger partial charge < -0.3 is 17.0 Å². The Morgan fingerprint density at radius 1 is 1.15 bits per heavy atom. The number of rotatable bonds is 2. The average Bonchev–Trinajstić information content (AvgIpc) is 2.53. The maximum atomic E-state index is 5.08. The van der Waals surface area contributed by atoms with Crippen LogP contribution in [0.15, 0.2) is 40.0 Å². The Morgan fingerprint density at radius 3 is 2.54 bits per heavy atom. The Bertz CT molecular complexity index is 386. The predicted octanol–water partition coefficient (Wildman–Crippen LogP) is 1.57. The van der Waals surface area contributed by atoms with E-state index in [1.54, 1.807) is 0 Å². The molecule has 0 bridgehead atoms. The molecule has 0 unspecified atom stereocenters. The van der Waals surface area contributed by atoms with E-state index in [9.17, 15) is 0 Å². The van der Waals surface area contributed by atoms with Crippen LogP contribution < -0.4 is 0 Å². The number of aromatic nitrogens is 2. The van der Waals surface area contributed by atoms with Gasteiger partial charge in [0, 0.05) is 0 Å². The minimum absolute atomic E-state index is 0.200. The van der Waals surface area contributed by atoms with Gasteiger partial charge in [-0.3, -0.25) is 0 Å². The molecule has 1 aromatic heterocycles. The molecule has 0 aliphatic heterocycles. The van der Waals surface area contributed by atoms with Crippen LogP contribution >= 0.6 is 0 Å². The Hall–Kier alpha value is -1.42. The van der Waals surface area contributed by atoms with Gasteiger partial charge in [0.1, 0.15) is 0 Å². The van der Waals surface area contributed by atoms with Gasteiger partial charge in [-0.15, -0.1) is 10.2 Å². The lowest BCUT2D eigenvalue weighted by Crippen LogP contribution is -1.87. The van der Waals surface area contributed by atoms with Crippen molar-refractivity contribution in [3.05, 3.63) is 41.8 Å². The molecule has 66 valence electrons. The summed E-state index contributed by atoms with van der Waals surface area (Å²) in [6.45, 7) is 0. The molecule has 0 amide bonds. The molecule has 0 fully saturated rings. The van der Waals surface area contributed by atoms with Gasteiger partial charge in [0.25, 0.3) is 0 Å². The van der Waals surface area contributed by atoms with Crippen LogP contribution in [-0.4, -0.2) is 10.2 Å². The van der Waals surface area contributed by atoms with Crippen molar-refractivity contribution in [1.29, 1.82) is 0 Å². The van der Waals surface area contributed by atoms with Crippen LogP contribution in [0.1, 0.15) is 11.5 Å². The largest absolute Gasteiger partial charge is 0.719 e. The van der Waals surface area contributed by atoms with Crippen LogP contribution in [0.2, 0.25) is 0 Å². The summed E-state index contributed by atoms with van der Waals surface area (Å²) in [5.74, 6) is 0.566. The first-order chi connectivity index (χ1) is 6.34. The highest BCUT2D eigenvalue weighted by molar-refractivity contribution is 7.58. The molecular weight excluding hydrogens is 184 g/mol. The van der Waals surface area contributed by atoms with E-state index in [4.69, 9.17) is 17.0 Å². The molecule has 2 aromatic rings. The maximum absolute atomic E-state index is 5.08. The van der Waals surface area contributed by atoms with Crippen molar-refractivity contribution in [2.24, 2.45) is 0 Å². The van der Waals surface area contributed by atoms with Gasteiger partial charge in [-0.05, 0) is 5.56 Å². The zero-order valence-electron chi connectivity index (χ0n) is 6.80. The molecule has 0 saturated heterocycles. The van der Waals surface area contributed by atoms with E-state index < -0.39 is 0 Å². The van der Waals surface area contributed by atoms with Gasteiger partial charge in [-0.25, -0.2) is 0 Å². The molecule has 0 radical (unpaired) electrons. The van der Waals surface area contributed by atoms with Crippen LogP contribution in [0.3, 0.4) is 0 Å². The average molecular weight is 191 g/mol. The highest BCUT2D eigenvalue weighted by atomic mass is 32.1. The molecule has 2 rings (SSSR count). The third-order valence-corrected chi connectivity index (χ3v) is 1.81. The van der Waals surface area contributed by atoms with Crippen LogP contribution in [0.4, 0.5) is 0 Å². The second kappa shape index (κ2) is 3.53. The fraction of sp³-hybridized carbons (Fsp3) is 0.111. The molecule has 0 saturated carbocycles. The lowest BCUT2D eigenvalue weighted by atomic mass is 10.2. The highest BCUT2D eigenvalue weighted by Gasteiger charge is 1.99. The summed E-state index contributed by atoms with van der Waals surface area (Å²) in [5.41, 5.74) is 1.14. The van der Waals surface area contributed by atoms with Crippen LogP contribution in [0, 0.1) is 0 Å². The van der Waals surface area contributed by atoms with Crippen molar-refractivity contribution < 1.29 is 4.42 Å². The highest BCUT2D eigenvalue weighted by Crippen LogP contribution is 2.07. The lowest BCUT2D eigenvalue weighted by Gasteiger charge is -1.95. The standard InChI is InChI=1S/C9H8N2OS/c13-9-11-10-8(12-9)6-7-4-2-1-3-5-7/h1-5H,6H2,(H,11,13)/p-1. The second-order valence-corrected chi connectivity index (χ2v) is 2.97. The van der Waals surface area contributed by atoms with E-state index in [2.05, 4.69) is 10.2 Å². The topological polar surface area (TPSA) is 38.9 Å². The second-order valence-electron chi connectivity index (χ2n) is 2.62. The van der Waals surface area contributed by atoms with Gasteiger partial charge in [-0.1, -0.05) is 30.3 Å². The summed E-state index contributed by atoms with van der Waals surface area (Å²) in [5, 5.41) is 7.60. The summed E-state index contributed by atoms with van der Waals surface area (Å²) in [6.07, 6.45) is 0.643. The van der Waals surface area contributed by atoms with Crippen LogP contribution in [-0.2, 0) is 19.0 Å². The van der Waals surface area contributed by atoms with E-state index in [0.29, 0.717) is 12.3 Å². The lowest BCUT2D eigenvalue weighted by molar-refractivity contribution is 0.421. The predicted molar refractivity (Wildman–Crippen MR) is 49.2 cm³/mol. The van der Waals surface area contributed by atoms with Gasteiger partial charge in [-0.2, -0.15) is 0 Å². The van der Waals surface area contributed by atoms with Crippen molar-refractivity contribution in [2.45, 2.75) is 11.6 Å². The fourth-order valence-electron chi connectivity index (χ4n) is 1.08. The third-order valence-electron chi connectivity index (χ3n) is 1.65. The van der Waals surface area contributed by atoms with E-state index in [1.807, 2.05) is 30.3 Å². The normalized spacial score (nSPS) is 10.2. The van der Waals surface area contributed by atoms with Gasteiger partial charge in [0.2, 0.25) is 5.89 Å². The number of hydrogen-bond donors (Lipinski definition) is 0. The van der Waals surface area contributed by atoms with Crippen molar-refractivity contribution in [3.63, 3.8) is 0 Å². The van der Waals surface area contributed by atoms with Gasteiger partial charge >= 0.3 is 0 Å². The van der Waals surface area contributed by atoms with E-state index in [1.165, 1.54) is 0 Å². The first kappa shape index (κ1) is 8.19. The monoisotopic (exact) mass is 191 g/mol. The fourth-order valence-corrected chi connectivity index (χ4v) is 1.22. The van der Waals surface area contributed by atoms with Crippen molar-refractivity contribution >= 4 is 12.6 Å². The number of hydrogen-bond acceptors (Lipinski definition) is 4. The summed E-state index contributed by atoms with van der Waals surface area (Å²) < 4.78 is 5.08. The Morgan fingerprint density at radius 2 is 1.92 bits per heavy atom. The maximum Gasteiger partial charge on any atom is 0.218 e. The van der Waals surface area contributed by atoms with Crippen molar-refractivity contribution in [3.8, 4) is 0 Å². The molecule has 0 atom stereocenters. The molecule has 0 spiro atoms. The molecule has 3 nitrogen and oxygen atoms in total. The minimum Gasteiger partial charge on any atom is -0.719 e. The zero-order valence-corrected chi connectivity index (χ0v) is 7.62. The Labute approximate surface area is 81.2 Å². The number of nitrogens with zero attached hydrogens (tertiary/aromatic N) is 2. The zero-order chi connectivity index (χ0) is 9.10. The van der Waals surface area contributed by atoms with E-state index >= 15 is 0 Å². The smallest absolute Gasteiger partial charge is 0.218 e. The Balaban J connectivity index is 2.15. The van der Waals surface area contributed by atoms with E-state index in [-0.39, 0.29) is 5.22 Å². The minimum atomic E-state index is 0.200. The molecule has 0 N–H and O–H groups in total. The summed E-state index contributed by atoms with van der Waals surface area (Å²) in [7, 11) is 0. The molecule has 1 heterocycles. The molecule has 0 aliphatic carbocycles. The molecule has 13 heavy (non-hydrogen) atoms. The Kier molecular flexibility index (Phi) is 2.23. The van der Waals surface area contributed by atoms with Gasteiger partial charge in [0.05, 0.1) is 11.6 Å². The molecular formula is C9H7N2OS-. The quantitative estimate of drug-likeness (QED) is 0.675. The first-order valence-electron chi connectivity index (χ1n) is 3.88. The summed E-state index contributed by atoms with van der Waals surface area (Å²) >= 11 is 4.71. The van der Waals surface area contributed by atoms with Crippen molar-refractivity contribution in [1.82, 2.24) is 10.2 Å². The van der Waals surface area contributed by atoms with E-state index in [0.717, 1.165) is 5.56 Å².